The van der Waals surface area contributed by atoms with E-state index >= 15 is 0 Å². The van der Waals surface area contributed by atoms with Gasteiger partial charge in [0.15, 0.2) is 0 Å². The molecule has 0 heterocycles. The maximum Gasteiger partial charge on any atom is 0.255 e. The summed E-state index contributed by atoms with van der Waals surface area (Å²) in [5, 5.41) is 5.54. The molecule has 24 heavy (non-hydrogen) atoms. The number of carbonyl (C=O) groups is 2. The van der Waals surface area contributed by atoms with E-state index in [1.54, 1.807) is 49.4 Å². The topological polar surface area (TPSA) is 76.7 Å². The Kier molecular flexibility index (Phi) is 5.78. The zero-order chi connectivity index (χ0) is 17.5. The molecule has 0 fully saturated rings. The summed E-state index contributed by atoms with van der Waals surface area (Å²) in [7, 11) is 3.05. The number of ether oxygens (including phenoxy) is 2. The maximum absolute atomic E-state index is 12.4. The summed E-state index contributed by atoms with van der Waals surface area (Å²) in [5.74, 6) is 0.675. The molecule has 0 aliphatic heterocycles. The van der Waals surface area contributed by atoms with Crippen LogP contribution in [0.1, 0.15) is 23.7 Å². The second-order valence-corrected chi connectivity index (χ2v) is 5.04. The van der Waals surface area contributed by atoms with Crippen molar-refractivity contribution in [3.8, 4) is 11.5 Å². The van der Waals surface area contributed by atoms with Crippen LogP contribution < -0.4 is 20.1 Å². The normalized spacial score (nSPS) is 9.96. The summed E-state index contributed by atoms with van der Waals surface area (Å²) in [4.78, 5) is 23.9. The fourth-order valence-corrected chi connectivity index (χ4v) is 2.07. The van der Waals surface area contributed by atoms with Crippen LogP contribution in [0.2, 0.25) is 0 Å². The lowest BCUT2D eigenvalue weighted by Gasteiger charge is -2.10. The van der Waals surface area contributed by atoms with Crippen LogP contribution in [-0.2, 0) is 4.79 Å². The van der Waals surface area contributed by atoms with E-state index in [4.69, 9.17) is 9.47 Å². The second-order valence-electron chi connectivity index (χ2n) is 5.04. The lowest BCUT2D eigenvalue weighted by molar-refractivity contribution is -0.115. The van der Waals surface area contributed by atoms with Gasteiger partial charge in [-0.05, 0) is 30.3 Å². The van der Waals surface area contributed by atoms with Gasteiger partial charge in [0, 0.05) is 29.4 Å². The summed E-state index contributed by atoms with van der Waals surface area (Å²) in [6.07, 6.45) is 0.389. The van der Waals surface area contributed by atoms with Crippen molar-refractivity contribution in [3.63, 3.8) is 0 Å². The molecule has 2 amide bonds. The van der Waals surface area contributed by atoms with Crippen molar-refractivity contribution in [2.24, 2.45) is 0 Å². The molecular formula is C18H20N2O4. The van der Waals surface area contributed by atoms with Crippen molar-refractivity contribution in [1.82, 2.24) is 0 Å². The predicted molar refractivity (Wildman–Crippen MR) is 92.9 cm³/mol. The molecule has 2 aromatic carbocycles. The zero-order valence-corrected chi connectivity index (χ0v) is 13.9. The first kappa shape index (κ1) is 17.3. The number of carbonyl (C=O) groups excluding carboxylic acids is 2. The van der Waals surface area contributed by atoms with E-state index < -0.39 is 0 Å². The van der Waals surface area contributed by atoms with Crippen LogP contribution in [0.3, 0.4) is 0 Å². The monoisotopic (exact) mass is 328 g/mol. The van der Waals surface area contributed by atoms with Crippen molar-refractivity contribution >= 4 is 23.2 Å². The molecule has 2 rings (SSSR count). The molecule has 0 aliphatic rings. The van der Waals surface area contributed by atoms with Gasteiger partial charge < -0.3 is 20.1 Å². The largest absolute Gasteiger partial charge is 0.497 e. The molecule has 0 aromatic heterocycles. The SMILES string of the molecule is CCC(=O)Nc1cccc(NC(=O)c2cc(OC)cc(OC)c2)c1. The molecule has 6 nitrogen and oxygen atoms in total. The number of rotatable bonds is 6. The molecule has 126 valence electrons. The summed E-state index contributed by atoms with van der Waals surface area (Å²) < 4.78 is 10.3. The Hall–Kier alpha value is -3.02. The Balaban J connectivity index is 2.17. The molecular weight excluding hydrogens is 308 g/mol. The first-order valence-electron chi connectivity index (χ1n) is 7.50. The summed E-state index contributed by atoms with van der Waals surface area (Å²) in [6.45, 7) is 1.77. The molecule has 0 unspecified atom stereocenters. The smallest absolute Gasteiger partial charge is 0.255 e. The lowest BCUT2D eigenvalue weighted by Crippen LogP contribution is -2.13. The molecule has 0 saturated carbocycles. The fraction of sp³-hybridized carbons (Fsp3) is 0.222. The third kappa shape index (κ3) is 4.49. The van der Waals surface area contributed by atoms with E-state index in [1.807, 2.05) is 0 Å². The molecule has 2 aromatic rings. The molecule has 0 atom stereocenters. The quantitative estimate of drug-likeness (QED) is 0.853. The molecule has 0 spiro atoms. The van der Waals surface area contributed by atoms with E-state index in [0.29, 0.717) is 34.9 Å². The lowest BCUT2D eigenvalue weighted by atomic mass is 10.1. The number of hydrogen-bond donors (Lipinski definition) is 2. The van der Waals surface area contributed by atoms with Gasteiger partial charge in [-0.3, -0.25) is 9.59 Å². The van der Waals surface area contributed by atoms with Gasteiger partial charge in [0.05, 0.1) is 14.2 Å². The Labute approximate surface area is 140 Å². The van der Waals surface area contributed by atoms with Crippen molar-refractivity contribution in [1.29, 1.82) is 0 Å². The Morgan fingerprint density at radius 3 is 2.04 bits per heavy atom. The Morgan fingerprint density at radius 1 is 0.917 bits per heavy atom. The van der Waals surface area contributed by atoms with Crippen LogP contribution in [0.4, 0.5) is 11.4 Å². The van der Waals surface area contributed by atoms with Gasteiger partial charge in [-0.1, -0.05) is 13.0 Å². The van der Waals surface area contributed by atoms with E-state index in [0.717, 1.165) is 0 Å². The maximum atomic E-state index is 12.4. The molecule has 6 heteroatoms. The Morgan fingerprint density at radius 2 is 1.50 bits per heavy atom. The van der Waals surface area contributed by atoms with Crippen molar-refractivity contribution in [2.75, 3.05) is 24.9 Å². The summed E-state index contributed by atoms with van der Waals surface area (Å²) >= 11 is 0. The second kappa shape index (κ2) is 8.01. The van der Waals surface area contributed by atoms with Crippen molar-refractivity contribution < 1.29 is 19.1 Å². The van der Waals surface area contributed by atoms with Gasteiger partial charge in [-0.25, -0.2) is 0 Å². The van der Waals surface area contributed by atoms with Gasteiger partial charge >= 0.3 is 0 Å². The highest BCUT2D eigenvalue weighted by molar-refractivity contribution is 6.05. The van der Waals surface area contributed by atoms with Crippen LogP contribution in [-0.4, -0.2) is 26.0 Å². The average Bonchev–Trinajstić information content (AvgIpc) is 2.61. The number of methoxy groups -OCH3 is 2. The number of hydrogen-bond acceptors (Lipinski definition) is 4. The number of nitrogens with one attached hydrogen (secondary N) is 2. The van der Waals surface area contributed by atoms with Crippen LogP contribution in [0.15, 0.2) is 42.5 Å². The van der Waals surface area contributed by atoms with Crippen molar-refractivity contribution in [2.45, 2.75) is 13.3 Å². The van der Waals surface area contributed by atoms with Crippen LogP contribution >= 0.6 is 0 Å². The fourth-order valence-electron chi connectivity index (χ4n) is 2.07. The zero-order valence-electron chi connectivity index (χ0n) is 13.9. The van der Waals surface area contributed by atoms with Crippen LogP contribution in [0.5, 0.6) is 11.5 Å². The molecule has 0 bridgehead atoms. The molecule has 0 radical (unpaired) electrons. The average molecular weight is 328 g/mol. The predicted octanol–water partition coefficient (Wildman–Crippen LogP) is 3.30. The van der Waals surface area contributed by atoms with Gasteiger partial charge in [0.25, 0.3) is 5.91 Å². The minimum atomic E-state index is -0.300. The van der Waals surface area contributed by atoms with E-state index in [9.17, 15) is 9.59 Å². The molecule has 0 saturated heterocycles. The minimum absolute atomic E-state index is 0.0870. The van der Waals surface area contributed by atoms with Gasteiger partial charge in [0.1, 0.15) is 11.5 Å². The number of anilines is 2. The van der Waals surface area contributed by atoms with E-state index in [-0.39, 0.29) is 11.8 Å². The number of benzene rings is 2. The van der Waals surface area contributed by atoms with Crippen molar-refractivity contribution in [3.05, 3.63) is 48.0 Å². The first-order chi connectivity index (χ1) is 11.5. The highest BCUT2D eigenvalue weighted by Gasteiger charge is 2.11. The van der Waals surface area contributed by atoms with E-state index in [2.05, 4.69) is 10.6 Å². The first-order valence-corrected chi connectivity index (χ1v) is 7.50. The highest BCUT2D eigenvalue weighted by Crippen LogP contribution is 2.23. The molecule has 2 N–H and O–H groups in total. The van der Waals surface area contributed by atoms with Gasteiger partial charge in [-0.15, -0.1) is 0 Å². The third-order valence-corrected chi connectivity index (χ3v) is 3.34. The minimum Gasteiger partial charge on any atom is -0.497 e. The van der Waals surface area contributed by atoms with Gasteiger partial charge in [0.2, 0.25) is 5.91 Å². The summed E-state index contributed by atoms with van der Waals surface area (Å²) in [5.41, 5.74) is 1.62. The van der Waals surface area contributed by atoms with E-state index in [1.165, 1.54) is 14.2 Å². The third-order valence-electron chi connectivity index (χ3n) is 3.34. The number of amides is 2. The highest BCUT2D eigenvalue weighted by atomic mass is 16.5. The van der Waals surface area contributed by atoms with Crippen LogP contribution in [0.25, 0.3) is 0 Å². The molecule has 0 aliphatic carbocycles. The van der Waals surface area contributed by atoms with Gasteiger partial charge in [-0.2, -0.15) is 0 Å². The summed E-state index contributed by atoms with van der Waals surface area (Å²) in [6, 6.07) is 11.9. The standard InChI is InChI=1S/C18H20N2O4/c1-4-17(21)19-13-6-5-7-14(10-13)20-18(22)12-8-15(23-2)11-16(9-12)24-3/h5-11H,4H2,1-3H3,(H,19,21)(H,20,22). The van der Waals surface area contributed by atoms with Crippen LogP contribution in [0, 0.1) is 0 Å². The Bertz CT molecular complexity index is 721.